The number of benzene rings is 1. The molecule has 100 valence electrons. The topological polar surface area (TPSA) is 50.5 Å². The van der Waals surface area contributed by atoms with Crippen molar-refractivity contribution < 1.29 is 0 Å². The zero-order valence-electron chi connectivity index (χ0n) is 10.8. The highest BCUT2D eigenvalue weighted by atomic mass is 79.9. The third kappa shape index (κ3) is 2.25. The number of hydrogen-bond donors (Lipinski definition) is 0. The van der Waals surface area contributed by atoms with Crippen molar-refractivity contribution in [2.45, 2.75) is 6.54 Å². The summed E-state index contributed by atoms with van der Waals surface area (Å²) in [6.45, 7) is 3.91. The second-order valence-corrected chi connectivity index (χ2v) is 6.16. The van der Waals surface area contributed by atoms with Gasteiger partial charge in [0.15, 0.2) is 5.82 Å². The van der Waals surface area contributed by atoms with E-state index < -0.39 is 0 Å². The van der Waals surface area contributed by atoms with Crippen LogP contribution in [0.1, 0.15) is 11.5 Å². The largest absolute Gasteiger partial charge is 0.294 e. The van der Waals surface area contributed by atoms with Crippen LogP contribution < -0.4 is 0 Å². The molecule has 0 radical (unpaired) electrons. The summed E-state index contributed by atoms with van der Waals surface area (Å²) in [6.07, 6.45) is 1.77. The maximum atomic E-state index is 4.57. The first kappa shape index (κ1) is 13.3. The summed E-state index contributed by atoms with van der Waals surface area (Å²) >= 11 is 5.17. The zero-order valence-corrected chi connectivity index (χ0v) is 13.2. The molecule has 1 aromatic carbocycles. The Morgan fingerprint density at radius 2 is 2.25 bits per heavy atom. The third-order valence-corrected chi connectivity index (χ3v) is 4.43. The van der Waals surface area contributed by atoms with Crippen molar-refractivity contribution in [1.82, 2.24) is 9.97 Å². The van der Waals surface area contributed by atoms with E-state index in [4.69, 9.17) is 0 Å². The van der Waals surface area contributed by atoms with Crippen molar-refractivity contribution in [3.8, 4) is 0 Å². The Morgan fingerprint density at radius 1 is 1.40 bits per heavy atom. The molecular weight excluding hydrogens is 336 g/mol. The van der Waals surface area contributed by atoms with E-state index in [0.717, 1.165) is 25.8 Å². The predicted molar refractivity (Wildman–Crippen MR) is 89.4 cm³/mol. The van der Waals surface area contributed by atoms with E-state index in [2.05, 4.69) is 54.7 Å². The van der Waals surface area contributed by atoms with E-state index in [1.165, 1.54) is 4.70 Å². The van der Waals surface area contributed by atoms with Crippen molar-refractivity contribution in [2.24, 2.45) is 9.98 Å². The molecule has 0 amide bonds. The molecule has 0 spiro atoms. The Kier molecular flexibility index (Phi) is 3.58. The molecular formula is C14H11BrN4S. The summed E-state index contributed by atoms with van der Waals surface area (Å²) in [5.41, 5.74) is 0.834. The van der Waals surface area contributed by atoms with Gasteiger partial charge in [-0.3, -0.25) is 9.98 Å². The fourth-order valence-corrected chi connectivity index (χ4v) is 3.55. The number of fused-ring (bicyclic) bond motifs is 3. The lowest BCUT2D eigenvalue weighted by molar-refractivity contribution is 0.934. The van der Waals surface area contributed by atoms with Crippen LogP contribution >= 0.6 is 27.3 Å². The fourth-order valence-electron chi connectivity index (χ4n) is 2.11. The molecule has 0 unspecified atom stereocenters. The molecule has 3 rings (SSSR count). The van der Waals surface area contributed by atoms with Crippen LogP contribution in [-0.4, -0.2) is 29.9 Å². The first-order valence-electron chi connectivity index (χ1n) is 5.96. The predicted octanol–water partition coefficient (Wildman–Crippen LogP) is 3.86. The lowest BCUT2D eigenvalue weighted by Gasteiger charge is -2.01. The van der Waals surface area contributed by atoms with Gasteiger partial charge < -0.3 is 0 Å². The van der Waals surface area contributed by atoms with E-state index in [1.54, 1.807) is 24.6 Å². The second kappa shape index (κ2) is 5.38. The van der Waals surface area contributed by atoms with Crippen molar-refractivity contribution >= 4 is 60.5 Å². The van der Waals surface area contributed by atoms with Gasteiger partial charge in [0, 0.05) is 33.2 Å². The minimum Gasteiger partial charge on any atom is -0.294 e. The Morgan fingerprint density at radius 3 is 3.00 bits per heavy atom. The van der Waals surface area contributed by atoms with Crippen LogP contribution in [0.4, 0.5) is 0 Å². The molecule has 2 aromatic heterocycles. The Labute approximate surface area is 128 Å². The molecule has 0 aliphatic rings. The number of aromatic nitrogens is 2. The SMILES string of the molecule is C=NCc1nc(/C=N\C)c2c(n1)sc1ccc(Br)cc12. The summed E-state index contributed by atoms with van der Waals surface area (Å²) in [6, 6.07) is 6.21. The van der Waals surface area contributed by atoms with Crippen LogP contribution in [0.5, 0.6) is 0 Å². The van der Waals surface area contributed by atoms with Gasteiger partial charge >= 0.3 is 0 Å². The van der Waals surface area contributed by atoms with Crippen molar-refractivity contribution in [3.05, 3.63) is 34.2 Å². The molecule has 2 heterocycles. The van der Waals surface area contributed by atoms with Crippen LogP contribution in [0.25, 0.3) is 20.3 Å². The van der Waals surface area contributed by atoms with Crippen LogP contribution in [-0.2, 0) is 6.54 Å². The molecule has 20 heavy (non-hydrogen) atoms. The van der Waals surface area contributed by atoms with Crippen LogP contribution in [0, 0.1) is 0 Å². The Bertz CT molecular complexity index is 838. The standard InChI is InChI=1S/C14H11BrN4S/c1-16-6-10-13-9-5-8(15)3-4-11(9)20-14(13)19-12(18-10)7-17-2/h3-6H,2,7H2,1H3/b16-6-. The van der Waals surface area contributed by atoms with Crippen molar-refractivity contribution in [2.75, 3.05) is 7.05 Å². The molecule has 3 aromatic rings. The van der Waals surface area contributed by atoms with Crippen LogP contribution in [0.2, 0.25) is 0 Å². The molecule has 0 saturated carbocycles. The first-order chi connectivity index (χ1) is 9.72. The van der Waals surface area contributed by atoms with Crippen molar-refractivity contribution in [1.29, 1.82) is 0 Å². The second-order valence-electron chi connectivity index (χ2n) is 4.22. The van der Waals surface area contributed by atoms with E-state index >= 15 is 0 Å². The van der Waals surface area contributed by atoms with Crippen LogP contribution in [0.15, 0.2) is 32.7 Å². The van der Waals surface area contributed by atoms with Gasteiger partial charge in [0.25, 0.3) is 0 Å². The van der Waals surface area contributed by atoms with Gasteiger partial charge in [-0.2, -0.15) is 0 Å². The highest BCUT2D eigenvalue weighted by Crippen LogP contribution is 2.35. The van der Waals surface area contributed by atoms with Crippen molar-refractivity contribution in [3.63, 3.8) is 0 Å². The summed E-state index contributed by atoms with van der Waals surface area (Å²) in [4.78, 5) is 18.0. The van der Waals surface area contributed by atoms with Gasteiger partial charge in [0.05, 0.1) is 12.2 Å². The maximum absolute atomic E-state index is 4.57. The number of thiophene rings is 1. The molecule has 0 fully saturated rings. The minimum absolute atomic E-state index is 0.415. The van der Waals surface area contributed by atoms with Gasteiger partial charge in [0.1, 0.15) is 4.83 Å². The molecule has 0 aliphatic carbocycles. The lowest BCUT2D eigenvalue weighted by atomic mass is 10.1. The molecule has 0 atom stereocenters. The van der Waals surface area contributed by atoms with E-state index in [9.17, 15) is 0 Å². The molecule has 4 nitrogen and oxygen atoms in total. The van der Waals surface area contributed by atoms with Gasteiger partial charge in [0.2, 0.25) is 0 Å². The van der Waals surface area contributed by atoms with Gasteiger partial charge in [-0.1, -0.05) is 15.9 Å². The summed E-state index contributed by atoms with van der Waals surface area (Å²) in [5.74, 6) is 0.674. The molecule has 6 heteroatoms. The van der Waals surface area contributed by atoms with Gasteiger partial charge in [-0.05, 0) is 24.9 Å². The third-order valence-electron chi connectivity index (χ3n) is 2.87. The van der Waals surface area contributed by atoms with E-state index in [1.807, 2.05) is 6.07 Å². The smallest absolute Gasteiger partial charge is 0.152 e. The number of hydrogen-bond acceptors (Lipinski definition) is 5. The lowest BCUT2D eigenvalue weighted by Crippen LogP contribution is -1.98. The quantitative estimate of drug-likeness (QED) is 0.676. The molecule has 0 aliphatic heterocycles. The Balaban J connectivity index is 2.41. The summed E-state index contributed by atoms with van der Waals surface area (Å²) < 4.78 is 2.23. The number of nitrogens with zero attached hydrogens (tertiary/aromatic N) is 4. The fraction of sp³-hybridized carbons (Fsp3) is 0.143. The number of rotatable bonds is 3. The first-order valence-corrected chi connectivity index (χ1v) is 7.57. The summed E-state index contributed by atoms with van der Waals surface area (Å²) in [5, 5.41) is 2.19. The normalized spacial score (nSPS) is 11.7. The zero-order chi connectivity index (χ0) is 14.1. The highest BCUT2D eigenvalue weighted by Gasteiger charge is 2.13. The molecule has 0 bridgehead atoms. The summed E-state index contributed by atoms with van der Waals surface area (Å²) in [7, 11) is 1.74. The monoisotopic (exact) mass is 346 g/mol. The van der Waals surface area contributed by atoms with Gasteiger partial charge in [-0.25, -0.2) is 9.97 Å². The maximum Gasteiger partial charge on any atom is 0.152 e. The average molecular weight is 347 g/mol. The van der Waals surface area contributed by atoms with E-state index in [0.29, 0.717) is 12.4 Å². The van der Waals surface area contributed by atoms with E-state index in [-0.39, 0.29) is 0 Å². The van der Waals surface area contributed by atoms with Gasteiger partial charge in [-0.15, -0.1) is 11.3 Å². The number of halogens is 1. The highest BCUT2D eigenvalue weighted by molar-refractivity contribution is 9.10. The molecule has 0 saturated heterocycles. The average Bonchev–Trinajstić information content (AvgIpc) is 2.77. The Hall–Kier alpha value is -1.66. The number of aliphatic imine (C=N–C) groups is 2. The molecule has 0 N–H and O–H groups in total. The van der Waals surface area contributed by atoms with Crippen LogP contribution in [0.3, 0.4) is 0 Å². The minimum atomic E-state index is 0.415.